The first kappa shape index (κ1) is 6.66. The third-order valence-corrected chi connectivity index (χ3v) is 0.631. The topological polar surface area (TPSA) is 40.1 Å². The molecule has 2 heteroatoms. The van der Waals surface area contributed by atoms with E-state index < -0.39 is 12.7 Å². The minimum absolute atomic E-state index is 0.406. The number of hydrogen-bond acceptors (Lipinski definition) is 1. The van der Waals surface area contributed by atoms with Gasteiger partial charge >= 0.3 is 0 Å². The Balaban J connectivity index is 2.98. The molecule has 0 rings (SSSR count). The van der Waals surface area contributed by atoms with Crippen LogP contribution in [-0.4, -0.2) is 17.8 Å². The second-order valence-electron chi connectivity index (χ2n) is 1.34. The maximum absolute atomic E-state index is 9.72. The Morgan fingerprint density at radius 2 is 2.43 bits per heavy atom. The van der Waals surface area contributed by atoms with Crippen molar-refractivity contribution in [3.05, 3.63) is 12.7 Å². The van der Waals surface area contributed by atoms with Crippen molar-refractivity contribution in [3.8, 4) is 0 Å². The Labute approximate surface area is 43.1 Å². The van der Waals surface area contributed by atoms with Crippen LogP contribution in [0, 0.1) is 0 Å². The van der Waals surface area contributed by atoms with Gasteiger partial charge in [0.05, 0.1) is 6.10 Å². The van der Waals surface area contributed by atoms with Gasteiger partial charge in [0.1, 0.15) is 6.61 Å². The van der Waals surface area contributed by atoms with Crippen molar-refractivity contribution in [1.29, 1.82) is 0 Å². The van der Waals surface area contributed by atoms with Gasteiger partial charge in [0.15, 0.2) is 0 Å². The lowest BCUT2D eigenvalue weighted by atomic mass is 10.3. The fourth-order valence-corrected chi connectivity index (χ4v) is 0.260. The van der Waals surface area contributed by atoms with Crippen molar-refractivity contribution in [1.82, 2.24) is 0 Å². The van der Waals surface area contributed by atoms with Gasteiger partial charge in [0.2, 0.25) is 0 Å². The van der Waals surface area contributed by atoms with Crippen LogP contribution in [0.5, 0.6) is 0 Å². The highest BCUT2D eigenvalue weighted by molar-refractivity contribution is 4.70. The van der Waals surface area contributed by atoms with Crippen LogP contribution >= 0.6 is 0 Å². The van der Waals surface area contributed by atoms with E-state index in [0.717, 1.165) is 0 Å². The molecule has 0 aliphatic heterocycles. The molecule has 0 aliphatic carbocycles. The summed E-state index contributed by atoms with van der Waals surface area (Å²) in [6.07, 6.45) is 1.21. The molecular weight excluding hydrogens is 92.1 g/mol. The Morgan fingerprint density at radius 3 is 2.57 bits per heavy atom. The molecule has 0 spiro atoms. The summed E-state index contributed by atoms with van der Waals surface area (Å²) in [6.45, 7) is 2.93. The predicted molar refractivity (Wildman–Crippen MR) is 26.4 cm³/mol. The zero-order valence-electron chi connectivity index (χ0n) is 4.13. The van der Waals surface area contributed by atoms with Gasteiger partial charge in [0.25, 0.3) is 0 Å². The fourth-order valence-electron chi connectivity index (χ4n) is 0.260. The van der Waals surface area contributed by atoms with Gasteiger partial charge in [-0.25, -0.2) is 5.11 Å². The van der Waals surface area contributed by atoms with E-state index in [1.54, 1.807) is 0 Å². The Morgan fingerprint density at radius 1 is 1.86 bits per heavy atom. The van der Waals surface area contributed by atoms with Gasteiger partial charge < -0.3 is 5.11 Å². The molecule has 0 saturated carbocycles. The zero-order valence-corrected chi connectivity index (χ0v) is 4.13. The van der Waals surface area contributed by atoms with Crippen LogP contribution in [-0.2, 0) is 5.11 Å². The van der Waals surface area contributed by atoms with Crippen molar-refractivity contribution in [2.24, 2.45) is 0 Å². The van der Waals surface area contributed by atoms with E-state index in [1.165, 1.54) is 6.08 Å². The van der Waals surface area contributed by atoms with E-state index in [2.05, 4.69) is 6.58 Å². The first-order valence-electron chi connectivity index (χ1n) is 2.18. The Kier molecular flexibility index (Phi) is 3.65. The molecule has 0 amide bonds. The smallest absolute Gasteiger partial charge is 0.108 e. The van der Waals surface area contributed by atoms with Gasteiger partial charge in [-0.15, -0.1) is 6.58 Å². The average molecular weight is 101 g/mol. The minimum Gasteiger partial charge on any atom is -0.390 e. The molecule has 1 unspecified atom stereocenters. The molecule has 0 aliphatic rings. The molecule has 0 aromatic carbocycles. The van der Waals surface area contributed by atoms with E-state index in [0.29, 0.717) is 6.42 Å². The lowest BCUT2D eigenvalue weighted by Gasteiger charge is -1.97. The van der Waals surface area contributed by atoms with Crippen molar-refractivity contribution in [3.63, 3.8) is 0 Å². The van der Waals surface area contributed by atoms with Crippen LogP contribution in [0.1, 0.15) is 6.42 Å². The highest BCUT2D eigenvalue weighted by Gasteiger charge is 1.95. The van der Waals surface area contributed by atoms with Crippen LogP contribution < -0.4 is 0 Å². The molecule has 7 heavy (non-hydrogen) atoms. The molecule has 2 nitrogen and oxygen atoms in total. The van der Waals surface area contributed by atoms with E-state index in [4.69, 9.17) is 5.11 Å². The van der Waals surface area contributed by atoms with E-state index in [-0.39, 0.29) is 0 Å². The third-order valence-electron chi connectivity index (χ3n) is 0.631. The predicted octanol–water partition coefficient (Wildman–Crippen LogP) is 0.354. The van der Waals surface area contributed by atoms with Crippen LogP contribution in [0.4, 0.5) is 0 Å². The molecule has 41 valence electrons. The molecule has 0 saturated heterocycles. The SMILES string of the molecule is C=CCC(O)C[O]. The Bertz CT molecular complexity index is 52.0. The second kappa shape index (κ2) is 3.84. The monoisotopic (exact) mass is 101 g/mol. The summed E-state index contributed by atoms with van der Waals surface area (Å²) in [6, 6.07) is 0. The normalized spacial score (nSPS) is 13.4. The van der Waals surface area contributed by atoms with Crippen LogP contribution in [0.2, 0.25) is 0 Å². The van der Waals surface area contributed by atoms with Gasteiger partial charge in [-0.2, -0.15) is 0 Å². The summed E-state index contributed by atoms with van der Waals surface area (Å²) in [5.41, 5.74) is 0. The number of aliphatic hydroxyl groups excluding tert-OH is 1. The molecule has 1 radical (unpaired) electrons. The molecule has 0 aromatic heterocycles. The number of hydrogen-bond donors (Lipinski definition) is 1. The van der Waals surface area contributed by atoms with Gasteiger partial charge in [0, 0.05) is 0 Å². The molecule has 0 aromatic rings. The van der Waals surface area contributed by atoms with Gasteiger partial charge in [-0.3, -0.25) is 0 Å². The van der Waals surface area contributed by atoms with Crippen molar-refractivity contribution >= 4 is 0 Å². The highest BCUT2D eigenvalue weighted by atomic mass is 16.3. The maximum Gasteiger partial charge on any atom is 0.108 e. The maximum atomic E-state index is 9.72. The summed E-state index contributed by atoms with van der Waals surface area (Å²) in [5.74, 6) is 0. The van der Waals surface area contributed by atoms with Gasteiger partial charge in [-0.05, 0) is 6.42 Å². The molecule has 0 heterocycles. The average Bonchev–Trinajstić information content (AvgIpc) is 1.68. The zero-order chi connectivity index (χ0) is 5.70. The summed E-state index contributed by atoms with van der Waals surface area (Å²) >= 11 is 0. The standard InChI is InChI=1S/C5H9O2/c1-2-3-5(7)4-6/h2,5,7H,1,3-4H2. The van der Waals surface area contributed by atoms with Crippen LogP contribution in [0.3, 0.4) is 0 Å². The van der Waals surface area contributed by atoms with E-state index >= 15 is 0 Å². The fraction of sp³-hybridized carbons (Fsp3) is 0.600. The minimum atomic E-state index is -0.725. The Hall–Kier alpha value is -0.340. The van der Waals surface area contributed by atoms with Crippen LogP contribution in [0.25, 0.3) is 0 Å². The number of rotatable bonds is 3. The number of aliphatic hydroxyl groups is 1. The first-order valence-corrected chi connectivity index (χ1v) is 2.18. The van der Waals surface area contributed by atoms with Crippen LogP contribution in [0.15, 0.2) is 12.7 Å². The summed E-state index contributed by atoms with van der Waals surface area (Å²) in [7, 11) is 0. The van der Waals surface area contributed by atoms with E-state index in [9.17, 15) is 5.11 Å². The molecule has 0 fully saturated rings. The summed E-state index contributed by atoms with van der Waals surface area (Å²) in [5, 5.41) is 18.2. The largest absolute Gasteiger partial charge is 0.390 e. The van der Waals surface area contributed by atoms with Crippen molar-refractivity contribution in [2.75, 3.05) is 6.61 Å². The van der Waals surface area contributed by atoms with E-state index in [1.807, 2.05) is 0 Å². The third kappa shape index (κ3) is 3.49. The molecule has 0 bridgehead atoms. The molecule has 1 N–H and O–H groups in total. The summed E-state index contributed by atoms with van der Waals surface area (Å²) < 4.78 is 0. The second-order valence-corrected chi connectivity index (χ2v) is 1.34. The molecule has 1 atom stereocenters. The quantitative estimate of drug-likeness (QED) is 0.512. The highest BCUT2D eigenvalue weighted by Crippen LogP contribution is 1.87. The van der Waals surface area contributed by atoms with Crippen molar-refractivity contribution in [2.45, 2.75) is 12.5 Å². The first-order chi connectivity index (χ1) is 3.31. The lowest BCUT2D eigenvalue weighted by molar-refractivity contribution is 0.0575. The lowest BCUT2D eigenvalue weighted by Crippen LogP contribution is -2.08. The van der Waals surface area contributed by atoms with Crippen molar-refractivity contribution < 1.29 is 10.2 Å². The van der Waals surface area contributed by atoms with Gasteiger partial charge in [-0.1, -0.05) is 6.08 Å². The summed E-state index contributed by atoms with van der Waals surface area (Å²) in [4.78, 5) is 0. The molecular formula is C5H9O2.